The van der Waals surface area contributed by atoms with Gasteiger partial charge in [0.15, 0.2) is 11.6 Å². The van der Waals surface area contributed by atoms with Gasteiger partial charge in [-0.2, -0.15) is 0 Å². The van der Waals surface area contributed by atoms with Crippen LogP contribution >= 0.6 is 0 Å². The quantitative estimate of drug-likeness (QED) is 0.559. The Labute approximate surface area is 190 Å². The van der Waals surface area contributed by atoms with Gasteiger partial charge >= 0.3 is 0 Å². The van der Waals surface area contributed by atoms with Crippen LogP contribution in [0.25, 0.3) is 0 Å². The van der Waals surface area contributed by atoms with Gasteiger partial charge < -0.3 is 20.6 Å². The van der Waals surface area contributed by atoms with Crippen LogP contribution in [0.3, 0.4) is 0 Å². The van der Waals surface area contributed by atoms with Crippen LogP contribution in [0.1, 0.15) is 49.8 Å². The zero-order chi connectivity index (χ0) is 22.6. The third-order valence-corrected chi connectivity index (χ3v) is 6.98. The van der Waals surface area contributed by atoms with Crippen molar-refractivity contribution in [1.82, 2.24) is 9.80 Å². The average molecular weight is 435 g/mol. The van der Waals surface area contributed by atoms with Gasteiger partial charge in [0.2, 0.25) is 0 Å². The highest BCUT2D eigenvalue weighted by atomic mass is 16.3. The van der Waals surface area contributed by atoms with Gasteiger partial charge in [-0.05, 0) is 30.9 Å². The molecule has 2 aliphatic rings. The van der Waals surface area contributed by atoms with E-state index in [1.807, 2.05) is 72.5 Å². The maximum Gasteiger partial charge on any atom is 0.259 e. The van der Waals surface area contributed by atoms with Crippen molar-refractivity contribution in [3.05, 3.63) is 71.8 Å². The zero-order valence-electron chi connectivity index (χ0n) is 18.9. The lowest BCUT2D eigenvalue weighted by Crippen LogP contribution is -2.58. The van der Waals surface area contributed by atoms with Crippen LogP contribution in [0.4, 0.5) is 0 Å². The average Bonchev–Trinajstić information content (AvgIpc) is 3.40. The van der Waals surface area contributed by atoms with Crippen molar-refractivity contribution in [2.75, 3.05) is 26.2 Å². The number of nitrogens with zero attached hydrogens (tertiary/aromatic N) is 3. The highest BCUT2D eigenvalue weighted by Crippen LogP contribution is 2.42. The van der Waals surface area contributed by atoms with Gasteiger partial charge in [-0.25, -0.2) is 4.99 Å². The summed E-state index contributed by atoms with van der Waals surface area (Å²) in [5, 5.41) is 11.8. The molecule has 2 fully saturated rings. The van der Waals surface area contributed by atoms with E-state index in [0.717, 1.165) is 31.2 Å². The molecule has 6 heteroatoms. The molecule has 1 aliphatic carbocycles. The number of aliphatic imine (C=N–C) groups is 1. The summed E-state index contributed by atoms with van der Waals surface area (Å²) < 4.78 is 0. The van der Waals surface area contributed by atoms with Crippen LogP contribution in [-0.2, 0) is 10.4 Å². The number of rotatable bonds is 5. The van der Waals surface area contributed by atoms with Gasteiger partial charge in [0.1, 0.15) is 0 Å². The first-order chi connectivity index (χ1) is 15.5. The standard InChI is InChI=1S/C26H34N4O2/c1-20(21-10-4-2-5-11-21)28-25(27)30-18-16-29(17-19-30)24(31)26(32,23-14-8-9-15-23)22-12-6-3-7-13-22/h2-7,10-13,20,23,32H,8-9,14-19H2,1H3,(H2,27,28). The number of hydrogen-bond donors (Lipinski definition) is 2. The van der Waals surface area contributed by atoms with E-state index < -0.39 is 5.60 Å². The summed E-state index contributed by atoms with van der Waals surface area (Å²) in [5.74, 6) is 0.291. The largest absolute Gasteiger partial charge is 0.375 e. The predicted molar refractivity (Wildman–Crippen MR) is 127 cm³/mol. The predicted octanol–water partition coefficient (Wildman–Crippen LogP) is 3.28. The second kappa shape index (κ2) is 9.74. The number of guanidine groups is 1. The van der Waals surface area contributed by atoms with Crippen molar-refractivity contribution in [3.63, 3.8) is 0 Å². The van der Waals surface area contributed by atoms with E-state index in [-0.39, 0.29) is 17.9 Å². The third kappa shape index (κ3) is 4.51. The van der Waals surface area contributed by atoms with E-state index in [4.69, 9.17) is 5.73 Å². The number of aliphatic hydroxyl groups is 1. The van der Waals surface area contributed by atoms with Gasteiger partial charge in [0.25, 0.3) is 5.91 Å². The number of amides is 1. The molecule has 1 amide bonds. The molecule has 2 unspecified atom stereocenters. The molecule has 2 atom stereocenters. The molecule has 170 valence electrons. The minimum absolute atomic E-state index is 0.0265. The van der Waals surface area contributed by atoms with E-state index in [0.29, 0.717) is 37.7 Å². The number of carbonyl (C=O) groups excluding carboxylic acids is 1. The lowest BCUT2D eigenvalue weighted by atomic mass is 9.79. The summed E-state index contributed by atoms with van der Waals surface area (Å²) in [4.78, 5) is 22.1. The normalized spacial score (nSPS) is 20.8. The van der Waals surface area contributed by atoms with Crippen molar-refractivity contribution in [3.8, 4) is 0 Å². The van der Waals surface area contributed by atoms with Crippen molar-refractivity contribution in [2.45, 2.75) is 44.2 Å². The Hall–Kier alpha value is -2.86. The van der Waals surface area contributed by atoms with Crippen LogP contribution in [0, 0.1) is 5.92 Å². The molecule has 1 saturated carbocycles. The van der Waals surface area contributed by atoms with E-state index in [9.17, 15) is 9.90 Å². The molecule has 3 N–H and O–H groups in total. The Balaban J connectivity index is 1.44. The Morgan fingerprint density at radius 1 is 0.969 bits per heavy atom. The SMILES string of the molecule is CC(N=C(N)N1CCN(C(=O)C(O)(c2ccccc2)C2CCCC2)CC1)c1ccccc1. The smallest absolute Gasteiger partial charge is 0.259 e. The van der Waals surface area contributed by atoms with Crippen molar-refractivity contribution >= 4 is 11.9 Å². The summed E-state index contributed by atoms with van der Waals surface area (Å²) in [5.41, 5.74) is 6.68. The minimum Gasteiger partial charge on any atom is -0.375 e. The van der Waals surface area contributed by atoms with Crippen LogP contribution in [0.2, 0.25) is 0 Å². The van der Waals surface area contributed by atoms with Gasteiger partial charge in [-0.3, -0.25) is 4.79 Å². The Morgan fingerprint density at radius 3 is 2.09 bits per heavy atom. The fourth-order valence-electron chi connectivity index (χ4n) is 5.04. The first-order valence-corrected chi connectivity index (χ1v) is 11.7. The topological polar surface area (TPSA) is 82.2 Å². The van der Waals surface area contributed by atoms with E-state index >= 15 is 0 Å². The molecule has 2 aromatic carbocycles. The fourth-order valence-corrected chi connectivity index (χ4v) is 5.04. The Morgan fingerprint density at radius 2 is 1.50 bits per heavy atom. The lowest BCUT2D eigenvalue weighted by Gasteiger charge is -2.41. The summed E-state index contributed by atoms with van der Waals surface area (Å²) in [7, 11) is 0. The molecule has 6 nitrogen and oxygen atoms in total. The summed E-state index contributed by atoms with van der Waals surface area (Å²) >= 11 is 0. The number of hydrogen-bond acceptors (Lipinski definition) is 3. The van der Waals surface area contributed by atoms with E-state index in [1.165, 1.54) is 0 Å². The molecule has 1 heterocycles. The van der Waals surface area contributed by atoms with Crippen LogP contribution in [0.5, 0.6) is 0 Å². The maximum atomic E-state index is 13.6. The van der Waals surface area contributed by atoms with Crippen molar-refractivity contribution in [1.29, 1.82) is 0 Å². The molecule has 0 bridgehead atoms. The third-order valence-electron chi connectivity index (χ3n) is 6.98. The van der Waals surface area contributed by atoms with Crippen LogP contribution in [-0.4, -0.2) is 53.0 Å². The van der Waals surface area contributed by atoms with E-state index in [2.05, 4.69) is 4.99 Å². The summed E-state index contributed by atoms with van der Waals surface area (Å²) in [6, 6.07) is 19.5. The van der Waals surface area contributed by atoms with Gasteiger partial charge in [0.05, 0.1) is 6.04 Å². The second-order valence-electron chi connectivity index (χ2n) is 8.97. The Bertz CT molecular complexity index is 919. The van der Waals surface area contributed by atoms with Crippen LogP contribution in [0.15, 0.2) is 65.7 Å². The second-order valence-corrected chi connectivity index (χ2v) is 8.97. The first kappa shape index (κ1) is 22.3. The number of carbonyl (C=O) groups is 1. The zero-order valence-corrected chi connectivity index (χ0v) is 18.9. The van der Waals surface area contributed by atoms with E-state index in [1.54, 1.807) is 4.90 Å². The Kier molecular flexibility index (Phi) is 6.80. The number of nitrogens with two attached hydrogens (primary N) is 1. The van der Waals surface area contributed by atoms with Crippen molar-refractivity contribution < 1.29 is 9.90 Å². The lowest BCUT2D eigenvalue weighted by molar-refractivity contribution is -0.160. The summed E-state index contributed by atoms with van der Waals surface area (Å²) in [6.45, 7) is 4.30. The monoisotopic (exact) mass is 434 g/mol. The van der Waals surface area contributed by atoms with Gasteiger partial charge in [-0.15, -0.1) is 0 Å². The van der Waals surface area contributed by atoms with Crippen LogP contribution < -0.4 is 5.73 Å². The molecule has 1 aliphatic heterocycles. The minimum atomic E-state index is -1.46. The summed E-state index contributed by atoms with van der Waals surface area (Å²) in [6.07, 6.45) is 3.89. The molecular weight excluding hydrogens is 400 g/mol. The molecule has 32 heavy (non-hydrogen) atoms. The molecule has 0 aromatic heterocycles. The molecule has 0 radical (unpaired) electrons. The molecule has 1 saturated heterocycles. The highest BCUT2D eigenvalue weighted by Gasteiger charge is 2.48. The van der Waals surface area contributed by atoms with Gasteiger partial charge in [0, 0.05) is 32.1 Å². The first-order valence-electron chi connectivity index (χ1n) is 11.7. The highest BCUT2D eigenvalue weighted by molar-refractivity contribution is 5.87. The number of piperazine rings is 1. The number of benzene rings is 2. The molecular formula is C26H34N4O2. The fraction of sp³-hybridized carbons (Fsp3) is 0.462. The molecule has 0 spiro atoms. The maximum absolute atomic E-state index is 13.6. The van der Waals surface area contributed by atoms with Crippen molar-refractivity contribution in [2.24, 2.45) is 16.6 Å². The van der Waals surface area contributed by atoms with Gasteiger partial charge in [-0.1, -0.05) is 73.5 Å². The molecule has 2 aromatic rings. The molecule has 4 rings (SSSR count).